The average Bonchev–Trinajstić information content (AvgIpc) is 3.85. The summed E-state index contributed by atoms with van der Waals surface area (Å²) in [5.74, 6) is 6.39. The minimum atomic E-state index is -2.60. The van der Waals surface area contributed by atoms with Crippen molar-refractivity contribution in [2.45, 2.75) is 57.3 Å². The molecule has 4 nitrogen and oxygen atoms in total. The molecule has 0 unspecified atom stereocenters. The first-order valence-electron chi connectivity index (χ1n) is 21.5. The molecule has 9 aromatic rings. The summed E-state index contributed by atoms with van der Waals surface area (Å²) in [5.41, 5.74) is 3.29. The van der Waals surface area contributed by atoms with Gasteiger partial charge in [0, 0.05) is 12.4 Å². The Hall–Kier alpha value is -4.81. The molecule has 55 heavy (non-hydrogen) atoms. The molecule has 0 bridgehead atoms. The Morgan fingerprint density at radius 3 is 2.33 bits per heavy atom. The summed E-state index contributed by atoms with van der Waals surface area (Å²) in [7, 11) is 0. The van der Waals surface area contributed by atoms with Gasteiger partial charge in [0.15, 0.2) is 0 Å². The van der Waals surface area contributed by atoms with E-state index in [4.69, 9.17) is 14.0 Å². The molecule has 0 fully saturated rings. The van der Waals surface area contributed by atoms with Crippen molar-refractivity contribution in [3.8, 4) is 28.1 Å². The third-order valence-corrected chi connectivity index (χ3v) is 14.0. The molecular weight excluding hydrogens is 911 g/mol. The fourth-order valence-electron chi connectivity index (χ4n) is 6.74. The van der Waals surface area contributed by atoms with Gasteiger partial charge in [-0.1, -0.05) is 42.1 Å². The van der Waals surface area contributed by atoms with Crippen LogP contribution < -0.4 is 8.96 Å². The minimum absolute atomic E-state index is 0. The van der Waals surface area contributed by atoms with Gasteiger partial charge in [0.1, 0.15) is 0 Å². The van der Waals surface area contributed by atoms with Gasteiger partial charge in [0.2, 0.25) is 6.33 Å². The molecule has 0 radical (unpaired) electrons. The van der Waals surface area contributed by atoms with Crippen molar-refractivity contribution in [3.63, 3.8) is 0 Å². The van der Waals surface area contributed by atoms with Gasteiger partial charge in [-0.15, -0.1) is 0 Å². The van der Waals surface area contributed by atoms with Crippen molar-refractivity contribution < 1.29 is 38.7 Å². The van der Waals surface area contributed by atoms with Gasteiger partial charge in [-0.2, -0.15) is 30.3 Å². The number of imidazole rings is 1. The van der Waals surface area contributed by atoms with Crippen LogP contribution in [0.4, 0.5) is 0 Å². The maximum Gasteiger partial charge on any atom is 3.00 e. The predicted molar refractivity (Wildman–Crippen MR) is 227 cm³/mol. The van der Waals surface area contributed by atoms with Crippen LogP contribution in [0.5, 0.6) is 0 Å². The molecule has 6 aromatic carbocycles. The molecule has 0 aliphatic carbocycles. The zero-order chi connectivity index (χ0) is 43.6. The Bertz CT molecular complexity index is 3110. The van der Waals surface area contributed by atoms with Crippen molar-refractivity contribution in [2.75, 3.05) is 0 Å². The van der Waals surface area contributed by atoms with Crippen LogP contribution in [-0.4, -0.2) is 22.8 Å². The van der Waals surface area contributed by atoms with Gasteiger partial charge >= 0.3 is 204 Å². The van der Waals surface area contributed by atoms with Crippen LogP contribution in [0.1, 0.15) is 41.5 Å². The molecule has 9 rings (SSSR count). The van der Waals surface area contributed by atoms with E-state index in [0.29, 0.717) is 22.4 Å². The molecule has 3 heterocycles. The second-order valence-corrected chi connectivity index (χ2v) is 26.3. The van der Waals surface area contributed by atoms with Gasteiger partial charge in [0.25, 0.3) is 0 Å². The molecule has 274 valence electrons. The zero-order valence-electron chi connectivity index (χ0n) is 38.6. The Morgan fingerprint density at radius 2 is 1.58 bits per heavy atom. The summed E-state index contributed by atoms with van der Waals surface area (Å²) in [4.78, 5) is 4.55. The molecule has 0 amide bonds. The van der Waals surface area contributed by atoms with Crippen LogP contribution in [-0.2, 0) is 25.6 Å². The first kappa shape index (κ1) is 30.4. The van der Waals surface area contributed by atoms with Crippen LogP contribution >= 0.6 is 0 Å². The Balaban J connectivity index is 0.000000305. The van der Waals surface area contributed by atoms with E-state index < -0.39 is 27.0 Å². The summed E-state index contributed by atoms with van der Waals surface area (Å²) in [5, 5.41) is 6.18. The summed E-state index contributed by atoms with van der Waals surface area (Å²) in [6.07, 6.45) is 8.57. The average molecular weight is 964 g/mol. The minimum Gasteiger partial charge on any atom is 3.00 e. The van der Waals surface area contributed by atoms with E-state index in [-0.39, 0.29) is 53.9 Å². The zero-order valence-corrected chi connectivity index (χ0v) is 36.1. The topological polar surface area (TPSA) is 34.8 Å². The number of pyridine rings is 1. The standard InChI is InChI=1S/C36H30GeNO.C13H15N2.Ir/c1-22-17-26(37(3,4)5)15-16-27(22)31-19-34(38-21-23(31)2)30-12-8-11-29-33-18-25-14-13-24-9-6-7-10-28(24)32(25)20-35(33)39-36(29)30;1-13(2,3)15-10-9-14(11-15)12-7-5-4-6-8-12;/h6-11,13-21H,1-5H3;4-7,9-10H,1-3H3;/q2*-1;+3/i1D3,2D3,16D;;. The smallest absolute Gasteiger partial charge is 3.00 e. The van der Waals surface area contributed by atoms with Crippen LogP contribution in [0, 0.1) is 32.2 Å². The van der Waals surface area contributed by atoms with Crippen LogP contribution in [0.15, 0.2) is 132 Å². The third kappa shape index (κ3) is 7.58. The second-order valence-electron chi connectivity index (χ2n) is 15.7. The number of benzene rings is 6. The number of hydrogen-bond donors (Lipinski definition) is 0. The molecule has 0 spiro atoms. The quantitative estimate of drug-likeness (QED) is 0.0762. The van der Waals surface area contributed by atoms with Crippen molar-refractivity contribution in [1.82, 2.24) is 9.55 Å². The number of para-hydroxylation sites is 1. The van der Waals surface area contributed by atoms with E-state index in [1.54, 1.807) is 24.3 Å². The van der Waals surface area contributed by atoms with E-state index in [1.165, 1.54) is 6.20 Å². The number of hydrogen-bond acceptors (Lipinski definition) is 2. The van der Waals surface area contributed by atoms with Crippen molar-refractivity contribution >= 4 is 61.1 Å². The SMILES string of the molecule is CC(C)(C)[n+]1[c-]n(-c2[c-]cccc2)cc1.[2H]c1c[c]([Ge]([CH3])([CH3])[CH3])cc(C([2H])([2H])[2H])c1-c1cc(-c2[c-]ccc3c2oc2cc4c(ccc5ccccc54)cc23)ncc1C([2H])([2H])[2H].[Ir+3]. The third-order valence-electron chi connectivity index (χ3n) is 9.79. The van der Waals surface area contributed by atoms with Gasteiger partial charge in [-0.3, -0.25) is 0 Å². The maximum atomic E-state index is 9.01. The van der Waals surface area contributed by atoms with E-state index in [1.807, 2.05) is 65.5 Å². The monoisotopic (exact) mass is 965 g/mol. The molecule has 0 saturated heterocycles. The van der Waals surface area contributed by atoms with E-state index in [0.717, 1.165) is 42.4 Å². The van der Waals surface area contributed by atoms with Crippen LogP contribution in [0.3, 0.4) is 0 Å². The summed E-state index contributed by atoms with van der Waals surface area (Å²) in [6, 6.07) is 39.5. The summed E-state index contributed by atoms with van der Waals surface area (Å²) < 4.78 is 70.4. The summed E-state index contributed by atoms with van der Waals surface area (Å²) in [6.45, 7) is 1.30. The normalized spacial score (nSPS) is 14.2. The Labute approximate surface area is 350 Å². The fraction of sp³-hybridized carbons (Fsp3) is 0.184. The predicted octanol–water partition coefficient (Wildman–Crippen LogP) is 11.7. The van der Waals surface area contributed by atoms with Gasteiger partial charge in [0.05, 0.1) is 5.54 Å². The first-order chi connectivity index (χ1) is 28.7. The Morgan fingerprint density at radius 1 is 0.782 bits per heavy atom. The van der Waals surface area contributed by atoms with Crippen molar-refractivity contribution in [2.24, 2.45) is 0 Å². The van der Waals surface area contributed by atoms with Crippen LogP contribution in [0.25, 0.3) is 71.6 Å². The number of furan rings is 1. The Kier molecular flexibility index (Phi) is 8.31. The van der Waals surface area contributed by atoms with E-state index in [9.17, 15) is 0 Å². The maximum absolute atomic E-state index is 9.01. The molecule has 0 N–H and O–H groups in total. The summed E-state index contributed by atoms with van der Waals surface area (Å²) >= 11 is -2.56. The molecule has 0 aliphatic heterocycles. The van der Waals surface area contributed by atoms with Gasteiger partial charge in [-0.05, 0) is 42.3 Å². The van der Waals surface area contributed by atoms with Crippen molar-refractivity contribution in [3.05, 3.63) is 157 Å². The largest absolute Gasteiger partial charge is 3.00 e. The molecule has 0 atom stereocenters. The van der Waals surface area contributed by atoms with E-state index in [2.05, 4.69) is 96.4 Å². The van der Waals surface area contributed by atoms with Crippen molar-refractivity contribution in [1.29, 1.82) is 0 Å². The molecule has 0 saturated carbocycles. The fourth-order valence-corrected chi connectivity index (χ4v) is 9.01. The molecular formula is C49H45GeIrN3O+. The van der Waals surface area contributed by atoms with Gasteiger partial charge in [-0.25, -0.2) is 0 Å². The van der Waals surface area contributed by atoms with E-state index >= 15 is 0 Å². The number of fused-ring (bicyclic) bond motifs is 6. The molecule has 3 aromatic heterocycles. The number of rotatable bonds is 4. The molecule has 6 heteroatoms. The molecule has 0 aliphatic rings. The number of nitrogens with zero attached hydrogens (tertiary/aromatic N) is 3. The number of aromatic nitrogens is 3. The van der Waals surface area contributed by atoms with Gasteiger partial charge < -0.3 is 9.13 Å². The first-order valence-corrected chi connectivity index (χ1v) is 25.4. The second kappa shape index (κ2) is 15.0. The van der Waals surface area contributed by atoms with Crippen LogP contribution in [0.2, 0.25) is 17.3 Å². The number of aryl methyl sites for hydroxylation is 2.